The summed E-state index contributed by atoms with van der Waals surface area (Å²) >= 11 is 0. The zero-order valence-corrected chi connectivity index (χ0v) is 15.2. The molecule has 1 atom stereocenters. The largest absolute Gasteiger partial charge is 0.497 e. The Kier molecular flexibility index (Phi) is 6.13. The van der Waals surface area contributed by atoms with Gasteiger partial charge in [0.05, 0.1) is 17.6 Å². The molecule has 27 heavy (non-hydrogen) atoms. The van der Waals surface area contributed by atoms with Crippen molar-refractivity contribution in [3.8, 4) is 5.75 Å². The van der Waals surface area contributed by atoms with Gasteiger partial charge in [-0.15, -0.1) is 0 Å². The van der Waals surface area contributed by atoms with Gasteiger partial charge in [0.2, 0.25) is 10.0 Å². The minimum absolute atomic E-state index is 0.144. The third kappa shape index (κ3) is 5.25. The van der Waals surface area contributed by atoms with Crippen molar-refractivity contribution in [2.75, 3.05) is 12.4 Å². The van der Waals surface area contributed by atoms with Crippen molar-refractivity contribution in [2.24, 2.45) is 5.14 Å². The standard InChI is InChI=1S/C17H17FN2O6S/c1-10(26-17(22)14-7-6-12(25-2)9-15(14)18)16(21)20-11-4-3-5-13(8-11)27(19,23)24/h3-10H,1-2H3,(H,20,21)(H2,19,23,24)/t10-/m0/s1. The van der Waals surface area contributed by atoms with Gasteiger partial charge in [-0.25, -0.2) is 22.7 Å². The number of halogens is 1. The number of anilines is 1. The minimum Gasteiger partial charge on any atom is -0.497 e. The summed E-state index contributed by atoms with van der Waals surface area (Å²) in [7, 11) is -2.58. The maximum atomic E-state index is 13.9. The quantitative estimate of drug-likeness (QED) is 0.716. The molecule has 8 nitrogen and oxygen atoms in total. The number of primary sulfonamides is 1. The van der Waals surface area contributed by atoms with E-state index in [9.17, 15) is 22.4 Å². The highest BCUT2D eigenvalue weighted by Crippen LogP contribution is 2.18. The Bertz CT molecular complexity index is 977. The molecule has 2 rings (SSSR count). The molecular weight excluding hydrogens is 379 g/mol. The van der Waals surface area contributed by atoms with Crippen LogP contribution in [0.15, 0.2) is 47.4 Å². The molecule has 0 saturated carbocycles. The molecule has 0 aliphatic rings. The fourth-order valence-corrected chi connectivity index (χ4v) is 2.62. The Morgan fingerprint density at radius 2 is 1.89 bits per heavy atom. The van der Waals surface area contributed by atoms with Gasteiger partial charge in [0.15, 0.2) is 6.10 Å². The number of hydrogen-bond acceptors (Lipinski definition) is 6. The van der Waals surface area contributed by atoms with E-state index in [0.717, 1.165) is 12.1 Å². The molecule has 3 N–H and O–H groups in total. The first-order chi connectivity index (χ1) is 12.6. The van der Waals surface area contributed by atoms with Gasteiger partial charge in [-0.3, -0.25) is 4.79 Å². The second-order valence-corrected chi connectivity index (χ2v) is 7.02. The number of nitrogens with one attached hydrogen (secondary N) is 1. The highest BCUT2D eigenvalue weighted by molar-refractivity contribution is 7.89. The zero-order valence-electron chi connectivity index (χ0n) is 14.4. The summed E-state index contributed by atoms with van der Waals surface area (Å²) in [6, 6.07) is 8.81. The molecule has 10 heteroatoms. The number of esters is 1. The molecule has 0 radical (unpaired) electrons. The molecule has 1 amide bonds. The predicted molar refractivity (Wildman–Crippen MR) is 94.3 cm³/mol. The van der Waals surface area contributed by atoms with Crippen molar-refractivity contribution in [2.45, 2.75) is 17.9 Å². The van der Waals surface area contributed by atoms with Crippen molar-refractivity contribution in [1.82, 2.24) is 0 Å². The molecular formula is C17H17FN2O6S. The van der Waals surface area contributed by atoms with Gasteiger partial charge in [0.25, 0.3) is 5.91 Å². The van der Waals surface area contributed by atoms with Gasteiger partial charge < -0.3 is 14.8 Å². The summed E-state index contributed by atoms with van der Waals surface area (Å²) in [5.41, 5.74) is -0.211. The zero-order chi connectivity index (χ0) is 20.2. The van der Waals surface area contributed by atoms with Crippen LogP contribution in [0.25, 0.3) is 0 Å². The average Bonchev–Trinajstić information content (AvgIpc) is 2.60. The van der Waals surface area contributed by atoms with E-state index in [1.807, 2.05) is 0 Å². The highest BCUT2D eigenvalue weighted by Gasteiger charge is 2.22. The van der Waals surface area contributed by atoms with E-state index in [2.05, 4.69) is 5.32 Å². The highest BCUT2D eigenvalue weighted by atomic mass is 32.2. The van der Waals surface area contributed by atoms with Crippen LogP contribution < -0.4 is 15.2 Å². The Morgan fingerprint density at radius 3 is 2.48 bits per heavy atom. The molecule has 0 bridgehead atoms. The Labute approximate surface area is 155 Å². The normalized spacial score (nSPS) is 12.1. The molecule has 0 saturated heterocycles. The number of amides is 1. The summed E-state index contributed by atoms with van der Waals surface area (Å²) in [4.78, 5) is 24.0. The van der Waals surface area contributed by atoms with Crippen LogP contribution in [-0.4, -0.2) is 33.5 Å². The maximum absolute atomic E-state index is 13.9. The van der Waals surface area contributed by atoms with Crippen LogP contribution in [0.3, 0.4) is 0 Å². The van der Waals surface area contributed by atoms with E-state index >= 15 is 0 Å². The SMILES string of the molecule is COc1ccc(C(=O)O[C@@H](C)C(=O)Nc2cccc(S(N)(=O)=O)c2)c(F)c1. The summed E-state index contributed by atoms with van der Waals surface area (Å²) in [5.74, 6) is -2.39. The number of nitrogens with two attached hydrogens (primary N) is 1. The lowest BCUT2D eigenvalue weighted by Crippen LogP contribution is -2.30. The summed E-state index contributed by atoms with van der Waals surface area (Å²) in [6.45, 7) is 1.29. The molecule has 0 aromatic heterocycles. The topological polar surface area (TPSA) is 125 Å². The Morgan fingerprint density at radius 1 is 1.19 bits per heavy atom. The van der Waals surface area contributed by atoms with Crippen LogP contribution in [0.1, 0.15) is 17.3 Å². The monoisotopic (exact) mass is 396 g/mol. The summed E-state index contributed by atoms with van der Waals surface area (Å²) < 4.78 is 46.4. The first-order valence-electron chi connectivity index (χ1n) is 7.60. The first-order valence-corrected chi connectivity index (χ1v) is 9.14. The second-order valence-electron chi connectivity index (χ2n) is 5.46. The van der Waals surface area contributed by atoms with E-state index in [1.165, 1.54) is 44.4 Å². The van der Waals surface area contributed by atoms with Crippen molar-refractivity contribution in [3.05, 3.63) is 53.8 Å². The Balaban J connectivity index is 2.06. The Hall–Kier alpha value is -2.98. The van der Waals surface area contributed by atoms with Gasteiger partial charge in [0, 0.05) is 11.8 Å². The molecule has 2 aromatic rings. The molecule has 0 aliphatic carbocycles. The van der Waals surface area contributed by atoms with Gasteiger partial charge in [0.1, 0.15) is 11.6 Å². The van der Waals surface area contributed by atoms with E-state index in [0.29, 0.717) is 0 Å². The van der Waals surface area contributed by atoms with Crippen LogP contribution in [-0.2, 0) is 19.6 Å². The third-order valence-corrected chi connectivity index (χ3v) is 4.39. The van der Waals surface area contributed by atoms with Crippen LogP contribution in [0.2, 0.25) is 0 Å². The lowest BCUT2D eigenvalue weighted by atomic mass is 10.2. The van der Waals surface area contributed by atoms with Gasteiger partial charge in [-0.2, -0.15) is 0 Å². The minimum atomic E-state index is -3.94. The van der Waals surface area contributed by atoms with Gasteiger partial charge >= 0.3 is 5.97 Å². The number of carbonyl (C=O) groups excluding carboxylic acids is 2. The van der Waals surface area contributed by atoms with Gasteiger partial charge in [-0.05, 0) is 37.3 Å². The fourth-order valence-electron chi connectivity index (χ4n) is 2.06. The van der Waals surface area contributed by atoms with E-state index in [1.54, 1.807) is 0 Å². The summed E-state index contributed by atoms with van der Waals surface area (Å²) in [5, 5.41) is 7.42. The number of sulfonamides is 1. The molecule has 0 fully saturated rings. The summed E-state index contributed by atoms with van der Waals surface area (Å²) in [6.07, 6.45) is -1.27. The number of ether oxygens (including phenoxy) is 2. The lowest BCUT2D eigenvalue weighted by molar-refractivity contribution is -0.123. The van der Waals surface area contributed by atoms with Gasteiger partial charge in [-0.1, -0.05) is 6.07 Å². The fraction of sp³-hybridized carbons (Fsp3) is 0.176. The molecule has 0 heterocycles. The van der Waals surface area contributed by atoms with Crippen molar-refractivity contribution < 1.29 is 31.9 Å². The van der Waals surface area contributed by atoms with Crippen LogP contribution in [0.5, 0.6) is 5.75 Å². The van der Waals surface area contributed by atoms with E-state index in [4.69, 9.17) is 14.6 Å². The van der Waals surface area contributed by atoms with E-state index < -0.39 is 33.8 Å². The van der Waals surface area contributed by atoms with Crippen molar-refractivity contribution >= 4 is 27.6 Å². The van der Waals surface area contributed by atoms with Crippen molar-refractivity contribution in [1.29, 1.82) is 0 Å². The number of methoxy groups -OCH3 is 1. The lowest BCUT2D eigenvalue weighted by Gasteiger charge is -2.14. The smallest absolute Gasteiger partial charge is 0.341 e. The van der Waals surface area contributed by atoms with E-state index in [-0.39, 0.29) is 21.9 Å². The first kappa shape index (κ1) is 20.3. The predicted octanol–water partition coefficient (Wildman–Crippen LogP) is 1.67. The molecule has 144 valence electrons. The third-order valence-electron chi connectivity index (χ3n) is 3.48. The molecule has 0 aliphatic heterocycles. The maximum Gasteiger partial charge on any atom is 0.341 e. The van der Waals surface area contributed by atoms with Crippen molar-refractivity contribution in [3.63, 3.8) is 0 Å². The number of hydrogen-bond donors (Lipinski definition) is 2. The molecule has 0 unspecified atom stereocenters. The molecule has 0 spiro atoms. The number of benzene rings is 2. The number of rotatable bonds is 6. The van der Waals surface area contributed by atoms with Crippen LogP contribution >= 0.6 is 0 Å². The molecule has 2 aromatic carbocycles. The second kappa shape index (κ2) is 8.14. The number of carbonyl (C=O) groups is 2. The van der Waals surface area contributed by atoms with Crippen LogP contribution in [0.4, 0.5) is 10.1 Å². The van der Waals surface area contributed by atoms with Crippen LogP contribution in [0, 0.1) is 5.82 Å². The average molecular weight is 396 g/mol.